The number of ether oxygens (including phenoxy) is 1. The van der Waals surface area contributed by atoms with E-state index in [9.17, 15) is 0 Å². The van der Waals surface area contributed by atoms with Crippen LogP contribution >= 0.6 is 15.9 Å². The van der Waals surface area contributed by atoms with Crippen LogP contribution in [-0.2, 0) is 13.2 Å². The number of nitrogens with one attached hydrogen (secondary N) is 1. The van der Waals surface area contributed by atoms with E-state index >= 15 is 0 Å². The molecule has 0 aliphatic carbocycles. The van der Waals surface area contributed by atoms with Gasteiger partial charge in [-0.3, -0.25) is 4.98 Å². The van der Waals surface area contributed by atoms with Gasteiger partial charge in [0.25, 0.3) is 0 Å². The summed E-state index contributed by atoms with van der Waals surface area (Å²) in [5.41, 5.74) is 3.13. The molecule has 1 aromatic heterocycles. The first-order chi connectivity index (χ1) is 9.19. The Morgan fingerprint density at radius 1 is 1.26 bits per heavy atom. The van der Waals surface area contributed by atoms with Crippen molar-refractivity contribution in [2.24, 2.45) is 0 Å². The Balaban J connectivity index is 2.05. The Hall–Kier alpha value is -1.39. The molecule has 1 heterocycles. The number of rotatable bonds is 5. The molecule has 0 spiro atoms. The molecule has 2 aromatic rings. The summed E-state index contributed by atoms with van der Waals surface area (Å²) in [6.07, 6.45) is 0. The van der Waals surface area contributed by atoms with Crippen molar-refractivity contribution in [2.45, 2.75) is 20.1 Å². The van der Waals surface area contributed by atoms with Crippen LogP contribution in [0.4, 0.5) is 0 Å². The van der Waals surface area contributed by atoms with Crippen LogP contribution in [0.1, 0.15) is 17.0 Å². The van der Waals surface area contributed by atoms with Gasteiger partial charge in [0.15, 0.2) is 0 Å². The first kappa shape index (κ1) is 14.0. The maximum Gasteiger partial charge on any atom is 0.130 e. The first-order valence-corrected chi connectivity index (χ1v) is 6.96. The maximum absolute atomic E-state index is 5.78. The molecule has 0 radical (unpaired) electrons. The smallest absolute Gasteiger partial charge is 0.130 e. The molecule has 0 fully saturated rings. The van der Waals surface area contributed by atoms with E-state index in [1.165, 1.54) is 5.56 Å². The third-order valence-electron chi connectivity index (χ3n) is 2.72. The Bertz CT molecular complexity index is 558. The Morgan fingerprint density at radius 3 is 2.84 bits per heavy atom. The maximum atomic E-state index is 5.78. The van der Waals surface area contributed by atoms with Gasteiger partial charge < -0.3 is 10.1 Å². The van der Waals surface area contributed by atoms with E-state index in [1.54, 1.807) is 0 Å². The Morgan fingerprint density at radius 2 is 2.11 bits per heavy atom. The molecule has 19 heavy (non-hydrogen) atoms. The zero-order chi connectivity index (χ0) is 13.7. The summed E-state index contributed by atoms with van der Waals surface area (Å²) in [4.78, 5) is 4.42. The van der Waals surface area contributed by atoms with E-state index in [-0.39, 0.29) is 0 Å². The lowest BCUT2D eigenvalue weighted by Gasteiger charge is -2.09. The standard InChI is InChI=1S/C15H17BrN2O/c1-11-4-3-5-13(18-11)10-19-14-6-7-15(16)12(8-14)9-17-2/h3-8,17H,9-10H2,1-2H3. The van der Waals surface area contributed by atoms with E-state index in [1.807, 2.05) is 50.4 Å². The van der Waals surface area contributed by atoms with E-state index in [0.717, 1.165) is 28.2 Å². The molecule has 1 N–H and O–H groups in total. The number of benzene rings is 1. The monoisotopic (exact) mass is 320 g/mol. The second kappa shape index (κ2) is 6.68. The van der Waals surface area contributed by atoms with Crippen LogP contribution in [0.2, 0.25) is 0 Å². The molecule has 0 saturated carbocycles. The molecule has 0 bridgehead atoms. The van der Waals surface area contributed by atoms with Crippen molar-refractivity contribution in [3.05, 3.63) is 57.8 Å². The average Bonchev–Trinajstić information content (AvgIpc) is 2.40. The predicted molar refractivity (Wildman–Crippen MR) is 80.2 cm³/mol. The van der Waals surface area contributed by atoms with Crippen molar-refractivity contribution in [3.8, 4) is 5.75 Å². The molecule has 0 atom stereocenters. The second-order valence-electron chi connectivity index (χ2n) is 4.34. The lowest BCUT2D eigenvalue weighted by Crippen LogP contribution is -2.06. The highest BCUT2D eigenvalue weighted by molar-refractivity contribution is 9.10. The summed E-state index contributed by atoms with van der Waals surface area (Å²) in [5.74, 6) is 0.858. The van der Waals surface area contributed by atoms with Crippen LogP contribution in [0.5, 0.6) is 5.75 Å². The molecular weight excluding hydrogens is 304 g/mol. The van der Waals surface area contributed by atoms with Gasteiger partial charge in [0, 0.05) is 16.7 Å². The van der Waals surface area contributed by atoms with Crippen LogP contribution in [-0.4, -0.2) is 12.0 Å². The van der Waals surface area contributed by atoms with Crippen LogP contribution < -0.4 is 10.1 Å². The van der Waals surface area contributed by atoms with Gasteiger partial charge in [-0.2, -0.15) is 0 Å². The van der Waals surface area contributed by atoms with Crippen LogP contribution in [0, 0.1) is 6.92 Å². The number of nitrogens with zero attached hydrogens (tertiary/aromatic N) is 1. The fraction of sp³-hybridized carbons (Fsp3) is 0.267. The number of hydrogen-bond donors (Lipinski definition) is 1. The number of hydrogen-bond acceptors (Lipinski definition) is 3. The Labute approximate surface area is 122 Å². The van der Waals surface area contributed by atoms with Crippen molar-refractivity contribution in [1.82, 2.24) is 10.3 Å². The van der Waals surface area contributed by atoms with Gasteiger partial charge in [-0.15, -0.1) is 0 Å². The number of aromatic nitrogens is 1. The van der Waals surface area contributed by atoms with Gasteiger partial charge in [-0.25, -0.2) is 0 Å². The minimum Gasteiger partial charge on any atom is -0.487 e. The zero-order valence-corrected chi connectivity index (χ0v) is 12.7. The van der Waals surface area contributed by atoms with Crippen LogP contribution in [0.15, 0.2) is 40.9 Å². The highest BCUT2D eigenvalue weighted by atomic mass is 79.9. The molecule has 0 amide bonds. The van der Waals surface area contributed by atoms with Crippen molar-refractivity contribution >= 4 is 15.9 Å². The number of aryl methyl sites for hydroxylation is 1. The summed E-state index contributed by atoms with van der Waals surface area (Å²) in [5, 5.41) is 3.14. The van der Waals surface area contributed by atoms with E-state index < -0.39 is 0 Å². The van der Waals surface area contributed by atoms with E-state index in [2.05, 4.69) is 26.2 Å². The quantitative estimate of drug-likeness (QED) is 0.916. The number of pyridine rings is 1. The van der Waals surface area contributed by atoms with E-state index in [4.69, 9.17) is 4.74 Å². The first-order valence-electron chi connectivity index (χ1n) is 6.17. The normalized spacial score (nSPS) is 10.5. The zero-order valence-electron chi connectivity index (χ0n) is 11.1. The van der Waals surface area contributed by atoms with E-state index in [0.29, 0.717) is 6.61 Å². The third-order valence-corrected chi connectivity index (χ3v) is 3.49. The summed E-state index contributed by atoms with van der Waals surface area (Å²) >= 11 is 3.53. The van der Waals surface area contributed by atoms with Gasteiger partial charge in [0.2, 0.25) is 0 Å². The highest BCUT2D eigenvalue weighted by Gasteiger charge is 2.03. The molecule has 1 aromatic carbocycles. The van der Waals surface area contributed by atoms with Crippen LogP contribution in [0.3, 0.4) is 0 Å². The van der Waals surface area contributed by atoms with Crippen molar-refractivity contribution in [3.63, 3.8) is 0 Å². The molecule has 0 aliphatic heterocycles. The topological polar surface area (TPSA) is 34.1 Å². The van der Waals surface area contributed by atoms with Crippen molar-refractivity contribution in [1.29, 1.82) is 0 Å². The largest absolute Gasteiger partial charge is 0.487 e. The minimum absolute atomic E-state index is 0.488. The molecular formula is C15H17BrN2O. The van der Waals surface area contributed by atoms with Crippen LogP contribution in [0.25, 0.3) is 0 Å². The fourth-order valence-corrected chi connectivity index (χ4v) is 2.19. The Kier molecular flexibility index (Phi) is 4.93. The molecule has 100 valence electrons. The summed E-state index contributed by atoms with van der Waals surface area (Å²) < 4.78 is 6.86. The lowest BCUT2D eigenvalue weighted by atomic mass is 10.2. The second-order valence-corrected chi connectivity index (χ2v) is 5.20. The fourth-order valence-electron chi connectivity index (χ4n) is 1.80. The van der Waals surface area contributed by atoms with Gasteiger partial charge in [0.05, 0.1) is 5.69 Å². The van der Waals surface area contributed by atoms with Gasteiger partial charge in [-0.05, 0) is 49.9 Å². The third kappa shape index (κ3) is 4.04. The molecule has 0 aliphatic rings. The molecule has 2 rings (SSSR count). The summed E-state index contributed by atoms with van der Waals surface area (Å²) in [6, 6.07) is 11.9. The highest BCUT2D eigenvalue weighted by Crippen LogP contribution is 2.23. The lowest BCUT2D eigenvalue weighted by molar-refractivity contribution is 0.300. The average molecular weight is 321 g/mol. The van der Waals surface area contributed by atoms with Crippen molar-refractivity contribution in [2.75, 3.05) is 7.05 Å². The SMILES string of the molecule is CNCc1cc(OCc2cccc(C)n2)ccc1Br. The van der Waals surface area contributed by atoms with Crippen molar-refractivity contribution < 1.29 is 4.74 Å². The molecule has 3 nitrogen and oxygen atoms in total. The van der Waals surface area contributed by atoms with Gasteiger partial charge in [0.1, 0.15) is 12.4 Å². The molecule has 0 unspecified atom stereocenters. The predicted octanol–water partition coefficient (Wildman–Crippen LogP) is 3.45. The van der Waals surface area contributed by atoms with Gasteiger partial charge in [-0.1, -0.05) is 22.0 Å². The summed E-state index contributed by atoms with van der Waals surface area (Å²) in [7, 11) is 1.93. The molecule has 4 heteroatoms. The summed E-state index contributed by atoms with van der Waals surface area (Å²) in [6.45, 7) is 3.27. The number of halogens is 1. The minimum atomic E-state index is 0.488. The van der Waals surface area contributed by atoms with Gasteiger partial charge >= 0.3 is 0 Å². The molecule has 0 saturated heterocycles.